The van der Waals surface area contributed by atoms with Gasteiger partial charge in [0.15, 0.2) is 11.5 Å². The van der Waals surface area contributed by atoms with E-state index in [0.717, 1.165) is 6.42 Å². The summed E-state index contributed by atoms with van der Waals surface area (Å²) >= 11 is 0. The molecule has 12 heteroatoms. The number of hydrogen-bond acceptors (Lipinski definition) is 12. The topological polar surface area (TPSA) is 159 Å². The second kappa shape index (κ2) is 16.2. The van der Waals surface area contributed by atoms with Gasteiger partial charge in [-0.2, -0.15) is 0 Å². The highest BCUT2D eigenvalue weighted by Gasteiger charge is 2.36. The molecule has 1 rings (SSSR count). The Bertz CT molecular complexity index is 1060. The molecule has 238 valence electrons. The largest absolute Gasteiger partial charge is 0.513 e. The highest BCUT2D eigenvalue weighted by atomic mass is 16.7. The minimum Gasteiger partial charge on any atom is -0.468 e. The lowest BCUT2D eigenvalue weighted by Crippen LogP contribution is -2.51. The Morgan fingerprint density at radius 2 is 1.38 bits per heavy atom. The SMILES string of the molecule is CCC[C@H](C)OC(=O)OCC[C@@](N)(Cc1ccc(OC(=O)OCC(C)(C)C)c(OC(=O)OCC(C)(C)C)c1)C(=O)OC. The molecule has 0 amide bonds. The van der Waals surface area contributed by atoms with Crippen molar-refractivity contribution in [1.82, 2.24) is 0 Å². The first-order valence-corrected chi connectivity index (χ1v) is 13.9. The Kier molecular flexibility index (Phi) is 14.1. The van der Waals surface area contributed by atoms with Crippen molar-refractivity contribution in [3.8, 4) is 11.5 Å². The standard InChI is InChI=1S/C30H47NO11/c1-10-11-20(2)40-25(33)37-15-14-30(31,24(32)36-9)17-21-12-13-22(41-26(34)38-18-28(3,4)5)23(16-21)42-27(35)39-19-29(6,7)8/h12-13,16,20H,10-11,14-15,17-19,31H2,1-9H3/t20-,30+/m0/s1. The molecule has 0 radical (unpaired) electrons. The minimum atomic E-state index is -1.62. The average molecular weight is 598 g/mol. The Balaban J connectivity index is 3.15. The molecular formula is C30H47NO11. The molecule has 42 heavy (non-hydrogen) atoms. The molecule has 0 fully saturated rings. The van der Waals surface area contributed by atoms with Crippen molar-refractivity contribution in [3.05, 3.63) is 23.8 Å². The van der Waals surface area contributed by atoms with Crippen LogP contribution in [-0.2, 0) is 34.9 Å². The van der Waals surface area contributed by atoms with Gasteiger partial charge in [0.25, 0.3) is 0 Å². The molecule has 0 aromatic heterocycles. The van der Waals surface area contributed by atoms with Crippen molar-refractivity contribution < 1.29 is 52.3 Å². The van der Waals surface area contributed by atoms with Crippen molar-refractivity contribution in [2.24, 2.45) is 16.6 Å². The quantitative estimate of drug-likeness (QED) is 0.162. The van der Waals surface area contributed by atoms with Crippen LogP contribution in [0, 0.1) is 10.8 Å². The Morgan fingerprint density at radius 1 is 0.833 bits per heavy atom. The predicted molar refractivity (Wildman–Crippen MR) is 153 cm³/mol. The zero-order chi connectivity index (χ0) is 32.1. The molecule has 2 N–H and O–H groups in total. The van der Waals surface area contributed by atoms with Gasteiger partial charge in [0.05, 0.1) is 26.9 Å². The van der Waals surface area contributed by atoms with Crippen LogP contribution in [0.1, 0.15) is 80.2 Å². The number of esters is 1. The summed E-state index contributed by atoms with van der Waals surface area (Å²) in [5.74, 6) is -1.02. The van der Waals surface area contributed by atoms with Crippen LogP contribution in [0.15, 0.2) is 18.2 Å². The summed E-state index contributed by atoms with van der Waals surface area (Å²) in [5.41, 5.74) is 4.60. The van der Waals surface area contributed by atoms with E-state index in [2.05, 4.69) is 0 Å². The van der Waals surface area contributed by atoms with E-state index in [9.17, 15) is 19.2 Å². The van der Waals surface area contributed by atoms with E-state index in [1.807, 2.05) is 48.5 Å². The van der Waals surface area contributed by atoms with Gasteiger partial charge in [-0.25, -0.2) is 14.4 Å². The van der Waals surface area contributed by atoms with E-state index in [1.165, 1.54) is 25.3 Å². The van der Waals surface area contributed by atoms with Crippen LogP contribution in [0.25, 0.3) is 0 Å². The summed E-state index contributed by atoms with van der Waals surface area (Å²) in [6.07, 6.45) is -1.88. The van der Waals surface area contributed by atoms with Gasteiger partial charge in [-0.05, 0) is 41.9 Å². The van der Waals surface area contributed by atoms with Gasteiger partial charge >= 0.3 is 24.4 Å². The van der Waals surface area contributed by atoms with Gasteiger partial charge in [0.1, 0.15) is 11.6 Å². The predicted octanol–water partition coefficient (Wildman–Crippen LogP) is 5.95. The highest BCUT2D eigenvalue weighted by Crippen LogP contribution is 2.32. The third-order valence-corrected chi connectivity index (χ3v) is 5.51. The maximum Gasteiger partial charge on any atom is 0.513 e. The van der Waals surface area contributed by atoms with E-state index in [4.69, 9.17) is 38.9 Å². The zero-order valence-corrected chi connectivity index (χ0v) is 26.3. The number of hydrogen-bond donors (Lipinski definition) is 1. The number of rotatable bonds is 13. The Labute approximate surface area is 248 Å². The molecule has 12 nitrogen and oxygen atoms in total. The zero-order valence-electron chi connectivity index (χ0n) is 26.3. The number of methoxy groups -OCH3 is 1. The molecule has 0 spiro atoms. The molecule has 0 saturated heterocycles. The second-order valence-electron chi connectivity index (χ2n) is 12.6. The van der Waals surface area contributed by atoms with Crippen molar-refractivity contribution >= 4 is 24.4 Å². The molecule has 0 unspecified atom stereocenters. The fraction of sp³-hybridized carbons (Fsp3) is 0.667. The molecule has 0 heterocycles. The van der Waals surface area contributed by atoms with Crippen LogP contribution in [-0.4, -0.2) is 63.0 Å². The van der Waals surface area contributed by atoms with Crippen LogP contribution < -0.4 is 15.2 Å². The average Bonchev–Trinajstić information content (AvgIpc) is 2.86. The van der Waals surface area contributed by atoms with Gasteiger partial charge in [-0.15, -0.1) is 0 Å². The molecule has 0 bridgehead atoms. The van der Waals surface area contributed by atoms with E-state index in [1.54, 1.807) is 6.92 Å². The van der Waals surface area contributed by atoms with Gasteiger partial charge in [-0.1, -0.05) is 61.0 Å². The highest BCUT2D eigenvalue weighted by molar-refractivity contribution is 5.81. The molecule has 0 aliphatic carbocycles. The van der Waals surface area contributed by atoms with Crippen molar-refractivity contribution in [2.75, 3.05) is 26.9 Å². The summed E-state index contributed by atoms with van der Waals surface area (Å²) in [4.78, 5) is 49.4. The second-order valence-corrected chi connectivity index (χ2v) is 12.6. The summed E-state index contributed by atoms with van der Waals surface area (Å²) < 4.78 is 36.2. The maximum atomic E-state index is 12.7. The van der Waals surface area contributed by atoms with Crippen molar-refractivity contribution in [3.63, 3.8) is 0 Å². The van der Waals surface area contributed by atoms with Crippen LogP contribution in [0.4, 0.5) is 14.4 Å². The third-order valence-electron chi connectivity index (χ3n) is 5.51. The van der Waals surface area contributed by atoms with Crippen LogP contribution in [0.2, 0.25) is 0 Å². The van der Waals surface area contributed by atoms with Crippen LogP contribution in [0.3, 0.4) is 0 Å². The van der Waals surface area contributed by atoms with Gasteiger partial charge in [-0.3, -0.25) is 4.79 Å². The molecule has 0 saturated carbocycles. The smallest absolute Gasteiger partial charge is 0.468 e. The van der Waals surface area contributed by atoms with Crippen LogP contribution >= 0.6 is 0 Å². The monoisotopic (exact) mass is 597 g/mol. The molecule has 1 aromatic rings. The van der Waals surface area contributed by atoms with Crippen molar-refractivity contribution in [1.29, 1.82) is 0 Å². The first-order chi connectivity index (χ1) is 19.4. The maximum absolute atomic E-state index is 12.7. The fourth-order valence-corrected chi connectivity index (χ4v) is 3.43. The molecule has 0 aliphatic rings. The first-order valence-electron chi connectivity index (χ1n) is 13.9. The summed E-state index contributed by atoms with van der Waals surface area (Å²) in [6, 6.07) is 4.30. The van der Waals surface area contributed by atoms with E-state index >= 15 is 0 Å². The fourth-order valence-electron chi connectivity index (χ4n) is 3.43. The Hall–Kier alpha value is -3.54. The normalized spacial score (nSPS) is 13.7. The van der Waals surface area contributed by atoms with Crippen molar-refractivity contribution in [2.45, 2.75) is 92.7 Å². The molecule has 1 aromatic carbocycles. The number of carbonyl (C=O) groups excluding carboxylic acids is 4. The first kappa shape index (κ1) is 36.5. The number of nitrogens with two attached hydrogens (primary N) is 1. The van der Waals surface area contributed by atoms with Gasteiger partial charge in [0, 0.05) is 12.8 Å². The van der Waals surface area contributed by atoms with E-state index in [-0.39, 0.29) is 61.1 Å². The number of ether oxygens (including phenoxy) is 7. The summed E-state index contributed by atoms with van der Waals surface area (Å²) in [5, 5.41) is 0. The third kappa shape index (κ3) is 14.4. The number of benzene rings is 1. The summed E-state index contributed by atoms with van der Waals surface area (Å²) in [6.45, 7) is 15.0. The lowest BCUT2D eigenvalue weighted by atomic mass is 9.88. The Morgan fingerprint density at radius 3 is 1.88 bits per heavy atom. The number of carbonyl (C=O) groups is 4. The van der Waals surface area contributed by atoms with E-state index in [0.29, 0.717) is 12.0 Å². The van der Waals surface area contributed by atoms with Gasteiger partial charge < -0.3 is 38.9 Å². The molecule has 2 atom stereocenters. The molecular weight excluding hydrogens is 550 g/mol. The van der Waals surface area contributed by atoms with Crippen LogP contribution in [0.5, 0.6) is 11.5 Å². The van der Waals surface area contributed by atoms with Gasteiger partial charge in [0.2, 0.25) is 0 Å². The minimum absolute atomic E-state index is 0.0727. The lowest BCUT2D eigenvalue weighted by Gasteiger charge is -2.27. The summed E-state index contributed by atoms with van der Waals surface area (Å²) in [7, 11) is 1.19. The van der Waals surface area contributed by atoms with E-state index < -0.39 is 30.0 Å². The lowest BCUT2D eigenvalue weighted by molar-refractivity contribution is -0.147. The molecule has 0 aliphatic heterocycles.